The third-order valence-electron chi connectivity index (χ3n) is 2.99. The van der Waals surface area contributed by atoms with Crippen LogP contribution in [-0.4, -0.2) is 28.6 Å². The number of hydrogen-bond donors (Lipinski definition) is 1. The van der Waals surface area contributed by atoms with Crippen molar-refractivity contribution in [1.82, 2.24) is 4.90 Å². The van der Waals surface area contributed by atoms with Crippen LogP contribution >= 0.6 is 0 Å². The largest absolute Gasteiger partial charge is 0.475 e. The molecule has 1 heterocycles. The molecule has 1 aromatic rings. The van der Waals surface area contributed by atoms with E-state index >= 15 is 0 Å². The Morgan fingerprint density at radius 1 is 1.28 bits per heavy atom. The van der Waals surface area contributed by atoms with E-state index in [1.165, 1.54) is 6.07 Å². The molecule has 0 spiro atoms. The van der Waals surface area contributed by atoms with E-state index in [-0.39, 0.29) is 11.8 Å². The lowest BCUT2D eigenvalue weighted by Crippen LogP contribution is -2.36. The average molecular weight is 253 g/mol. The quantitative estimate of drug-likeness (QED) is 0.844. The first-order valence-electron chi connectivity index (χ1n) is 6.41. The zero-order valence-electron chi connectivity index (χ0n) is 11.8. The molecular weight excluding hydrogens is 230 g/mol. The van der Waals surface area contributed by atoms with Crippen LogP contribution in [-0.2, 0) is 0 Å². The molecule has 0 saturated carbocycles. The van der Waals surface area contributed by atoms with E-state index in [0.717, 1.165) is 6.54 Å². The van der Waals surface area contributed by atoms with Gasteiger partial charge in [-0.25, -0.2) is 4.79 Å². The van der Waals surface area contributed by atoms with E-state index in [2.05, 4.69) is 32.6 Å². The van der Waals surface area contributed by atoms with Crippen LogP contribution in [0.3, 0.4) is 0 Å². The first-order valence-corrected chi connectivity index (χ1v) is 6.41. The summed E-state index contributed by atoms with van der Waals surface area (Å²) in [6.07, 6.45) is 0. The molecule has 0 amide bonds. The van der Waals surface area contributed by atoms with E-state index in [4.69, 9.17) is 9.52 Å². The van der Waals surface area contributed by atoms with Gasteiger partial charge < -0.3 is 9.52 Å². The number of carboxylic acid groups (broad SMARTS) is 1. The molecule has 1 atom stereocenters. The maximum Gasteiger partial charge on any atom is 0.371 e. The van der Waals surface area contributed by atoms with Gasteiger partial charge in [0.05, 0.1) is 6.04 Å². The molecule has 0 fully saturated rings. The standard InChI is InChI=1S/C14H23NO3/c1-9(2)8-15(10(3)4)11(5)12-6-7-13(18-12)14(16)17/h6-7,9-11H,8H2,1-5H3,(H,16,17). The van der Waals surface area contributed by atoms with Gasteiger partial charge in [-0.3, -0.25) is 4.90 Å². The number of nitrogens with zero attached hydrogens (tertiary/aromatic N) is 1. The first-order chi connectivity index (χ1) is 8.32. The Labute approximate surface area is 109 Å². The highest BCUT2D eigenvalue weighted by Gasteiger charge is 2.23. The topological polar surface area (TPSA) is 53.7 Å². The van der Waals surface area contributed by atoms with Gasteiger partial charge in [0.2, 0.25) is 5.76 Å². The molecule has 0 aromatic carbocycles. The highest BCUT2D eigenvalue weighted by atomic mass is 16.4. The molecule has 0 aliphatic heterocycles. The van der Waals surface area contributed by atoms with Crippen molar-refractivity contribution in [3.8, 4) is 0 Å². The van der Waals surface area contributed by atoms with Gasteiger partial charge in [0.15, 0.2) is 0 Å². The number of aromatic carboxylic acids is 1. The lowest BCUT2D eigenvalue weighted by Gasteiger charge is -2.33. The van der Waals surface area contributed by atoms with Crippen molar-refractivity contribution in [2.45, 2.75) is 46.7 Å². The zero-order chi connectivity index (χ0) is 13.9. The summed E-state index contributed by atoms with van der Waals surface area (Å²) in [6, 6.07) is 3.74. The van der Waals surface area contributed by atoms with E-state index < -0.39 is 5.97 Å². The predicted molar refractivity (Wildman–Crippen MR) is 70.8 cm³/mol. The first kappa shape index (κ1) is 14.8. The second kappa shape index (κ2) is 6.05. The minimum atomic E-state index is -1.02. The van der Waals surface area contributed by atoms with Gasteiger partial charge in [-0.15, -0.1) is 0 Å². The Hall–Kier alpha value is -1.29. The third kappa shape index (κ3) is 3.60. The summed E-state index contributed by atoms with van der Waals surface area (Å²) >= 11 is 0. The zero-order valence-corrected chi connectivity index (χ0v) is 11.8. The maximum atomic E-state index is 10.8. The van der Waals surface area contributed by atoms with Crippen LogP contribution in [0.1, 0.15) is 57.0 Å². The van der Waals surface area contributed by atoms with Crippen LogP contribution < -0.4 is 0 Å². The molecule has 0 radical (unpaired) electrons. The smallest absolute Gasteiger partial charge is 0.371 e. The molecule has 1 rings (SSSR count). The molecule has 102 valence electrons. The summed E-state index contributed by atoms with van der Waals surface area (Å²) in [7, 11) is 0. The molecule has 1 unspecified atom stereocenters. The van der Waals surface area contributed by atoms with Crippen LogP contribution in [0, 0.1) is 5.92 Å². The average Bonchev–Trinajstić information content (AvgIpc) is 2.73. The van der Waals surface area contributed by atoms with Gasteiger partial charge in [0.25, 0.3) is 0 Å². The van der Waals surface area contributed by atoms with Crippen molar-refractivity contribution in [2.75, 3.05) is 6.54 Å². The molecule has 0 aliphatic carbocycles. The monoisotopic (exact) mass is 253 g/mol. The summed E-state index contributed by atoms with van der Waals surface area (Å²) < 4.78 is 5.38. The van der Waals surface area contributed by atoms with Crippen molar-refractivity contribution in [2.24, 2.45) is 5.92 Å². The molecular formula is C14H23NO3. The molecule has 0 bridgehead atoms. The van der Waals surface area contributed by atoms with Crippen LogP contribution in [0.25, 0.3) is 0 Å². The third-order valence-corrected chi connectivity index (χ3v) is 2.99. The van der Waals surface area contributed by atoms with Crippen molar-refractivity contribution in [1.29, 1.82) is 0 Å². The van der Waals surface area contributed by atoms with Gasteiger partial charge in [-0.1, -0.05) is 13.8 Å². The molecule has 4 nitrogen and oxygen atoms in total. The molecule has 0 aliphatic rings. The Balaban J connectivity index is 2.87. The molecule has 1 N–H and O–H groups in total. The molecule has 0 saturated heterocycles. The predicted octanol–water partition coefficient (Wildman–Crippen LogP) is 3.41. The van der Waals surface area contributed by atoms with Gasteiger partial charge in [0.1, 0.15) is 5.76 Å². The number of hydrogen-bond acceptors (Lipinski definition) is 3. The minimum Gasteiger partial charge on any atom is -0.475 e. The lowest BCUT2D eigenvalue weighted by atomic mass is 10.1. The van der Waals surface area contributed by atoms with Gasteiger partial charge in [-0.05, 0) is 38.8 Å². The second-order valence-electron chi connectivity index (χ2n) is 5.37. The highest BCUT2D eigenvalue weighted by Crippen LogP contribution is 2.25. The van der Waals surface area contributed by atoms with Crippen molar-refractivity contribution < 1.29 is 14.3 Å². The van der Waals surface area contributed by atoms with E-state index in [9.17, 15) is 4.79 Å². The Kier molecular flexibility index (Phi) is 4.96. The summed E-state index contributed by atoms with van der Waals surface area (Å²) in [4.78, 5) is 13.1. The number of carboxylic acids is 1. The normalized spacial score (nSPS) is 13.6. The van der Waals surface area contributed by atoms with Crippen LogP contribution in [0.15, 0.2) is 16.5 Å². The van der Waals surface area contributed by atoms with Crippen LogP contribution in [0.5, 0.6) is 0 Å². The SMILES string of the molecule is CC(C)CN(C(C)C)C(C)c1ccc(C(=O)O)o1. The van der Waals surface area contributed by atoms with Gasteiger partial charge >= 0.3 is 5.97 Å². The highest BCUT2D eigenvalue weighted by molar-refractivity contribution is 5.84. The van der Waals surface area contributed by atoms with Crippen molar-refractivity contribution in [3.63, 3.8) is 0 Å². The summed E-state index contributed by atoms with van der Waals surface area (Å²) in [5.41, 5.74) is 0. The molecule has 18 heavy (non-hydrogen) atoms. The van der Waals surface area contributed by atoms with E-state index in [0.29, 0.717) is 17.7 Å². The molecule has 4 heteroatoms. The summed E-state index contributed by atoms with van der Waals surface area (Å²) in [5, 5.41) is 8.87. The summed E-state index contributed by atoms with van der Waals surface area (Å²) in [6.45, 7) is 11.6. The fourth-order valence-electron chi connectivity index (χ4n) is 2.09. The van der Waals surface area contributed by atoms with E-state index in [1.54, 1.807) is 6.07 Å². The minimum absolute atomic E-state index is 0.00473. The summed E-state index contributed by atoms with van der Waals surface area (Å²) in [5.74, 6) is 0.254. The number of rotatable bonds is 6. The lowest BCUT2D eigenvalue weighted by molar-refractivity contribution is 0.0652. The Morgan fingerprint density at radius 3 is 2.28 bits per heavy atom. The van der Waals surface area contributed by atoms with Crippen molar-refractivity contribution >= 4 is 5.97 Å². The maximum absolute atomic E-state index is 10.8. The van der Waals surface area contributed by atoms with Gasteiger partial charge in [0, 0.05) is 12.6 Å². The van der Waals surface area contributed by atoms with Crippen LogP contribution in [0.4, 0.5) is 0 Å². The Morgan fingerprint density at radius 2 is 1.89 bits per heavy atom. The fourth-order valence-corrected chi connectivity index (χ4v) is 2.09. The second-order valence-corrected chi connectivity index (χ2v) is 5.37. The number of furan rings is 1. The Bertz CT molecular complexity index is 395. The number of carbonyl (C=O) groups is 1. The van der Waals surface area contributed by atoms with Crippen molar-refractivity contribution in [3.05, 3.63) is 23.7 Å². The van der Waals surface area contributed by atoms with Crippen LogP contribution in [0.2, 0.25) is 0 Å². The van der Waals surface area contributed by atoms with Gasteiger partial charge in [-0.2, -0.15) is 0 Å². The molecule has 1 aromatic heterocycles. The van der Waals surface area contributed by atoms with E-state index in [1.807, 2.05) is 6.92 Å². The fraction of sp³-hybridized carbons (Fsp3) is 0.643.